The smallest absolute Gasteiger partial charge is 0.278 e. The Morgan fingerprint density at radius 1 is 1.47 bits per heavy atom. The summed E-state index contributed by atoms with van der Waals surface area (Å²) in [4.78, 5) is 24.6. The van der Waals surface area contributed by atoms with Crippen molar-refractivity contribution in [1.29, 1.82) is 0 Å². The third-order valence-corrected chi connectivity index (χ3v) is 2.32. The van der Waals surface area contributed by atoms with Crippen LogP contribution >= 0.6 is 0 Å². The molecule has 0 aliphatic rings. The number of hydrogen-bond donors (Lipinski definition) is 0. The molecule has 0 N–H and O–H groups in total. The van der Waals surface area contributed by atoms with Crippen molar-refractivity contribution in [2.24, 2.45) is 0 Å². The molecule has 0 saturated heterocycles. The predicted octanol–water partition coefficient (Wildman–Crippen LogP) is 0.901. The van der Waals surface area contributed by atoms with Gasteiger partial charge in [-0.3, -0.25) is 14.2 Å². The van der Waals surface area contributed by atoms with E-state index in [-0.39, 0.29) is 5.91 Å². The molecule has 6 heteroatoms. The van der Waals surface area contributed by atoms with Crippen LogP contribution in [-0.4, -0.2) is 39.7 Å². The van der Waals surface area contributed by atoms with Crippen LogP contribution in [0.3, 0.4) is 0 Å². The van der Waals surface area contributed by atoms with Crippen molar-refractivity contribution in [1.82, 2.24) is 19.6 Å². The van der Waals surface area contributed by atoms with Crippen molar-refractivity contribution in [2.75, 3.05) is 14.2 Å². The second kappa shape index (κ2) is 4.75. The van der Waals surface area contributed by atoms with Crippen molar-refractivity contribution < 1.29 is 9.63 Å². The van der Waals surface area contributed by atoms with E-state index >= 15 is 0 Å². The van der Waals surface area contributed by atoms with Gasteiger partial charge in [0.05, 0.1) is 12.7 Å². The molecule has 0 aliphatic carbocycles. The first-order valence-electron chi connectivity index (χ1n) is 4.99. The third kappa shape index (κ3) is 2.31. The highest BCUT2D eigenvalue weighted by Gasteiger charge is 2.11. The minimum Gasteiger partial charge on any atom is -0.291 e. The van der Waals surface area contributed by atoms with Crippen LogP contribution in [0, 0.1) is 0 Å². The van der Waals surface area contributed by atoms with Crippen LogP contribution in [0.2, 0.25) is 0 Å². The van der Waals surface area contributed by atoms with Gasteiger partial charge in [-0.1, -0.05) is 0 Å². The minimum atomic E-state index is -0.239. The summed E-state index contributed by atoms with van der Waals surface area (Å²) in [6, 6.07) is 3.44. The van der Waals surface area contributed by atoms with Crippen LogP contribution in [0.5, 0.6) is 0 Å². The average Bonchev–Trinajstić information content (AvgIpc) is 2.91. The zero-order valence-electron chi connectivity index (χ0n) is 9.57. The largest absolute Gasteiger partial charge is 0.291 e. The van der Waals surface area contributed by atoms with E-state index in [4.69, 9.17) is 4.84 Å². The van der Waals surface area contributed by atoms with Gasteiger partial charge in [-0.05, 0) is 12.1 Å². The molecule has 0 unspecified atom stereocenters. The fraction of sp³-hybridized carbons (Fsp3) is 0.182. The quantitative estimate of drug-likeness (QED) is 0.738. The van der Waals surface area contributed by atoms with Gasteiger partial charge in [-0.15, -0.1) is 0 Å². The maximum absolute atomic E-state index is 11.7. The van der Waals surface area contributed by atoms with E-state index < -0.39 is 0 Å². The zero-order chi connectivity index (χ0) is 12.3. The molecule has 2 aromatic heterocycles. The van der Waals surface area contributed by atoms with E-state index in [1.54, 1.807) is 42.5 Å². The lowest BCUT2D eigenvalue weighted by molar-refractivity contribution is -0.0757. The number of carbonyl (C=O) groups is 1. The highest BCUT2D eigenvalue weighted by Crippen LogP contribution is 2.07. The van der Waals surface area contributed by atoms with Crippen LogP contribution in [-0.2, 0) is 4.84 Å². The molecule has 0 saturated carbocycles. The Bertz CT molecular complexity index is 493. The standard InChI is InChI=1S/C11H12N4O2/c1-14(17-2)11(16)9-3-4-10(13-7-9)15-6-5-12-8-15/h3-8H,1-2H3. The molecular weight excluding hydrogens is 220 g/mol. The van der Waals surface area contributed by atoms with E-state index in [2.05, 4.69) is 9.97 Å². The second-order valence-electron chi connectivity index (χ2n) is 3.36. The van der Waals surface area contributed by atoms with Gasteiger partial charge in [0.15, 0.2) is 0 Å². The molecule has 2 heterocycles. The molecule has 17 heavy (non-hydrogen) atoms. The number of aromatic nitrogens is 3. The summed E-state index contributed by atoms with van der Waals surface area (Å²) in [6.45, 7) is 0. The Kier molecular flexibility index (Phi) is 3.15. The molecule has 0 aliphatic heterocycles. The first kappa shape index (κ1) is 11.3. The fourth-order valence-electron chi connectivity index (χ4n) is 1.32. The van der Waals surface area contributed by atoms with E-state index in [1.165, 1.54) is 13.3 Å². The summed E-state index contributed by atoms with van der Waals surface area (Å²) in [6.07, 6.45) is 6.60. The summed E-state index contributed by atoms with van der Waals surface area (Å²) >= 11 is 0. The summed E-state index contributed by atoms with van der Waals surface area (Å²) in [5.74, 6) is 0.469. The van der Waals surface area contributed by atoms with E-state index in [9.17, 15) is 4.79 Å². The number of pyridine rings is 1. The first-order valence-corrected chi connectivity index (χ1v) is 4.99. The lowest BCUT2D eigenvalue weighted by Gasteiger charge is -2.13. The van der Waals surface area contributed by atoms with Gasteiger partial charge in [0.25, 0.3) is 5.91 Å². The molecule has 6 nitrogen and oxygen atoms in total. The van der Waals surface area contributed by atoms with Gasteiger partial charge in [0.2, 0.25) is 0 Å². The van der Waals surface area contributed by atoms with E-state index in [1.807, 2.05) is 0 Å². The predicted molar refractivity (Wildman–Crippen MR) is 60.5 cm³/mol. The van der Waals surface area contributed by atoms with Crippen molar-refractivity contribution in [3.05, 3.63) is 42.6 Å². The highest BCUT2D eigenvalue weighted by molar-refractivity contribution is 5.93. The number of hydrogen-bond acceptors (Lipinski definition) is 4. The third-order valence-electron chi connectivity index (χ3n) is 2.32. The Morgan fingerprint density at radius 3 is 2.82 bits per heavy atom. The maximum atomic E-state index is 11.7. The van der Waals surface area contributed by atoms with Crippen LogP contribution in [0.4, 0.5) is 0 Å². The van der Waals surface area contributed by atoms with Crippen molar-refractivity contribution in [3.63, 3.8) is 0 Å². The molecule has 88 valence electrons. The summed E-state index contributed by atoms with van der Waals surface area (Å²) < 4.78 is 1.76. The van der Waals surface area contributed by atoms with Crippen LogP contribution in [0.25, 0.3) is 5.82 Å². The average molecular weight is 232 g/mol. The van der Waals surface area contributed by atoms with E-state index in [0.717, 1.165) is 5.06 Å². The molecule has 0 bridgehead atoms. The van der Waals surface area contributed by atoms with E-state index in [0.29, 0.717) is 11.4 Å². The molecule has 0 atom stereocenters. The van der Waals surface area contributed by atoms with Crippen LogP contribution in [0.1, 0.15) is 10.4 Å². The highest BCUT2D eigenvalue weighted by atomic mass is 16.7. The molecule has 0 spiro atoms. The van der Waals surface area contributed by atoms with Gasteiger partial charge in [0.1, 0.15) is 12.1 Å². The lowest BCUT2D eigenvalue weighted by Crippen LogP contribution is -2.25. The number of imidazole rings is 1. The lowest BCUT2D eigenvalue weighted by atomic mass is 10.2. The van der Waals surface area contributed by atoms with Gasteiger partial charge >= 0.3 is 0 Å². The molecular formula is C11H12N4O2. The van der Waals surface area contributed by atoms with Gasteiger partial charge in [-0.2, -0.15) is 0 Å². The van der Waals surface area contributed by atoms with Crippen molar-refractivity contribution in [2.45, 2.75) is 0 Å². The second-order valence-corrected chi connectivity index (χ2v) is 3.36. The number of hydroxylamine groups is 2. The molecule has 2 aromatic rings. The molecule has 0 radical (unpaired) electrons. The molecule has 1 amide bonds. The molecule has 0 fully saturated rings. The maximum Gasteiger partial charge on any atom is 0.278 e. The topological polar surface area (TPSA) is 60.2 Å². The monoisotopic (exact) mass is 232 g/mol. The Labute approximate surface area is 98.4 Å². The van der Waals surface area contributed by atoms with Gasteiger partial charge < -0.3 is 0 Å². The zero-order valence-corrected chi connectivity index (χ0v) is 9.57. The Hall–Kier alpha value is -2.21. The molecule has 2 rings (SSSR count). The summed E-state index contributed by atoms with van der Waals surface area (Å²) in [5, 5.41) is 1.15. The number of amides is 1. The van der Waals surface area contributed by atoms with Gasteiger partial charge in [0, 0.05) is 25.6 Å². The van der Waals surface area contributed by atoms with Crippen LogP contribution < -0.4 is 0 Å². The SMILES string of the molecule is CON(C)C(=O)c1ccc(-n2ccnc2)nc1. The number of rotatable bonds is 3. The van der Waals surface area contributed by atoms with Crippen molar-refractivity contribution in [3.8, 4) is 5.82 Å². The Morgan fingerprint density at radius 2 is 2.29 bits per heavy atom. The summed E-state index contributed by atoms with van der Waals surface area (Å²) in [5.41, 5.74) is 0.471. The molecule has 0 aromatic carbocycles. The van der Waals surface area contributed by atoms with Crippen molar-refractivity contribution >= 4 is 5.91 Å². The minimum absolute atomic E-state index is 0.239. The first-order chi connectivity index (χ1) is 8.22. The van der Waals surface area contributed by atoms with Crippen LogP contribution in [0.15, 0.2) is 37.1 Å². The normalized spacial score (nSPS) is 10.2. The Balaban J connectivity index is 2.22. The summed E-state index contributed by atoms with van der Waals surface area (Å²) in [7, 11) is 2.98. The number of nitrogens with zero attached hydrogens (tertiary/aromatic N) is 4. The fourth-order valence-corrected chi connectivity index (χ4v) is 1.32. The number of carbonyl (C=O) groups excluding carboxylic acids is 1. The van der Waals surface area contributed by atoms with Gasteiger partial charge in [-0.25, -0.2) is 15.0 Å².